The Bertz CT molecular complexity index is 558. The maximum Gasteiger partial charge on any atom is 0.412 e. The van der Waals surface area contributed by atoms with E-state index in [0.717, 1.165) is 19.6 Å². The molecule has 4 nitrogen and oxygen atoms in total. The van der Waals surface area contributed by atoms with Gasteiger partial charge >= 0.3 is 6.09 Å². The van der Waals surface area contributed by atoms with Gasteiger partial charge in [0.2, 0.25) is 0 Å². The molecule has 1 amide bonds. The van der Waals surface area contributed by atoms with E-state index in [2.05, 4.69) is 29.3 Å². The third-order valence-corrected chi connectivity index (χ3v) is 3.35. The van der Waals surface area contributed by atoms with Crippen molar-refractivity contribution in [3.05, 3.63) is 66.2 Å². The second-order valence-corrected chi connectivity index (χ2v) is 4.98. The molecule has 1 N–H and O–H groups in total. The van der Waals surface area contributed by atoms with Crippen LogP contribution in [0.4, 0.5) is 4.79 Å². The van der Waals surface area contributed by atoms with E-state index < -0.39 is 6.09 Å². The zero-order valence-corrected chi connectivity index (χ0v) is 12.9. The summed E-state index contributed by atoms with van der Waals surface area (Å²) in [6.07, 6.45) is -0.415. The number of nitrogens with one attached hydrogen (secondary N) is 1. The van der Waals surface area contributed by atoms with Crippen LogP contribution >= 0.6 is 0 Å². The number of amides is 1. The molecular formula is C18H22N2O2. The van der Waals surface area contributed by atoms with Crippen LogP contribution in [0.2, 0.25) is 0 Å². The van der Waals surface area contributed by atoms with Gasteiger partial charge in [-0.15, -0.1) is 0 Å². The highest BCUT2D eigenvalue weighted by atomic mass is 16.6. The van der Waals surface area contributed by atoms with Crippen LogP contribution in [0.15, 0.2) is 60.7 Å². The first-order valence-corrected chi connectivity index (χ1v) is 7.55. The Morgan fingerprint density at radius 3 is 2.32 bits per heavy atom. The first kappa shape index (κ1) is 16.0. The van der Waals surface area contributed by atoms with Gasteiger partial charge in [-0.3, -0.25) is 4.90 Å². The van der Waals surface area contributed by atoms with Gasteiger partial charge in [0.05, 0.1) is 0 Å². The number of hydrogen-bond donors (Lipinski definition) is 1. The second kappa shape index (κ2) is 8.85. The van der Waals surface area contributed by atoms with Crippen LogP contribution in [0.3, 0.4) is 0 Å². The van der Waals surface area contributed by atoms with E-state index in [9.17, 15) is 4.79 Å². The molecular weight excluding hydrogens is 276 g/mol. The molecule has 0 fully saturated rings. The Balaban J connectivity index is 1.71. The van der Waals surface area contributed by atoms with Gasteiger partial charge < -0.3 is 10.1 Å². The minimum absolute atomic E-state index is 0.415. The van der Waals surface area contributed by atoms with E-state index >= 15 is 0 Å². The quantitative estimate of drug-likeness (QED) is 0.853. The number of carbonyl (C=O) groups excluding carboxylic acids is 1. The number of benzene rings is 2. The molecule has 0 aliphatic rings. The number of hydrogen-bond acceptors (Lipinski definition) is 3. The fraction of sp³-hybridized carbons (Fsp3) is 0.278. The predicted octanol–water partition coefficient (Wildman–Crippen LogP) is 3.30. The van der Waals surface area contributed by atoms with Crippen molar-refractivity contribution in [1.82, 2.24) is 10.2 Å². The Hall–Kier alpha value is -2.33. The third-order valence-electron chi connectivity index (χ3n) is 3.35. The zero-order valence-electron chi connectivity index (χ0n) is 12.9. The Morgan fingerprint density at radius 2 is 1.68 bits per heavy atom. The van der Waals surface area contributed by atoms with Gasteiger partial charge in [0, 0.05) is 19.6 Å². The number of carbonyl (C=O) groups is 1. The van der Waals surface area contributed by atoms with Crippen LogP contribution in [0.25, 0.3) is 0 Å². The predicted molar refractivity (Wildman–Crippen MR) is 87.9 cm³/mol. The van der Waals surface area contributed by atoms with E-state index in [4.69, 9.17) is 4.74 Å². The molecule has 0 unspecified atom stereocenters. The molecule has 0 atom stereocenters. The monoisotopic (exact) mass is 298 g/mol. The molecule has 2 aromatic carbocycles. The Morgan fingerprint density at radius 1 is 1.05 bits per heavy atom. The topological polar surface area (TPSA) is 41.6 Å². The van der Waals surface area contributed by atoms with Crippen molar-refractivity contribution in [3.8, 4) is 5.75 Å². The minimum atomic E-state index is -0.415. The molecule has 0 aliphatic heterocycles. The molecule has 0 spiro atoms. The van der Waals surface area contributed by atoms with Gasteiger partial charge in [-0.2, -0.15) is 0 Å². The lowest BCUT2D eigenvalue weighted by Crippen LogP contribution is -2.35. The SMILES string of the molecule is CCN(CCNC(=O)Oc1ccccc1)Cc1ccccc1. The fourth-order valence-corrected chi connectivity index (χ4v) is 2.14. The van der Waals surface area contributed by atoms with Crippen molar-refractivity contribution in [1.29, 1.82) is 0 Å². The van der Waals surface area contributed by atoms with Crippen molar-refractivity contribution >= 4 is 6.09 Å². The largest absolute Gasteiger partial charge is 0.412 e. The van der Waals surface area contributed by atoms with Crippen LogP contribution in [0, 0.1) is 0 Å². The minimum Gasteiger partial charge on any atom is -0.410 e. The molecule has 4 heteroatoms. The average Bonchev–Trinajstić information content (AvgIpc) is 2.56. The van der Waals surface area contributed by atoms with Gasteiger partial charge in [-0.1, -0.05) is 55.5 Å². The average molecular weight is 298 g/mol. The van der Waals surface area contributed by atoms with Gasteiger partial charge in [0.1, 0.15) is 5.75 Å². The van der Waals surface area contributed by atoms with Crippen molar-refractivity contribution in [2.45, 2.75) is 13.5 Å². The van der Waals surface area contributed by atoms with Crippen molar-refractivity contribution < 1.29 is 9.53 Å². The summed E-state index contributed by atoms with van der Waals surface area (Å²) < 4.78 is 5.18. The Kier molecular flexibility index (Phi) is 6.45. The zero-order chi connectivity index (χ0) is 15.6. The Labute approximate surface area is 131 Å². The fourth-order valence-electron chi connectivity index (χ4n) is 2.14. The highest BCUT2D eigenvalue weighted by molar-refractivity contribution is 5.70. The number of nitrogens with zero attached hydrogens (tertiary/aromatic N) is 1. The smallest absolute Gasteiger partial charge is 0.410 e. The highest BCUT2D eigenvalue weighted by Crippen LogP contribution is 2.08. The van der Waals surface area contributed by atoms with E-state index in [-0.39, 0.29) is 0 Å². The van der Waals surface area contributed by atoms with Crippen molar-refractivity contribution in [3.63, 3.8) is 0 Å². The summed E-state index contributed by atoms with van der Waals surface area (Å²) >= 11 is 0. The molecule has 116 valence electrons. The summed E-state index contributed by atoms with van der Waals surface area (Å²) in [6, 6.07) is 19.4. The molecule has 2 aromatic rings. The second-order valence-electron chi connectivity index (χ2n) is 4.98. The maximum absolute atomic E-state index is 11.7. The molecule has 0 saturated heterocycles. The van der Waals surface area contributed by atoms with Crippen LogP contribution in [-0.4, -0.2) is 30.6 Å². The molecule has 0 aliphatic carbocycles. The van der Waals surface area contributed by atoms with E-state index in [1.165, 1.54) is 5.56 Å². The lowest BCUT2D eigenvalue weighted by atomic mass is 10.2. The lowest BCUT2D eigenvalue weighted by molar-refractivity contribution is 0.197. The summed E-state index contributed by atoms with van der Waals surface area (Å²) in [4.78, 5) is 14.0. The molecule has 22 heavy (non-hydrogen) atoms. The van der Waals surface area contributed by atoms with E-state index in [0.29, 0.717) is 12.3 Å². The molecule has 0 bridgehead atoms. The van der Waals surface area contributed by atoms with Crippen LogP contribution in [0.1, 0.15) is 12.5 Å². The third kappa shape index (κ3) is 5.58. The van der Waals surface area contributed by atoms with Crippen LogP contribution < -0.4 is 10.1 Å². The molecule has 2 rings (SSSR count). The van der Waals surface area contributed by atoms with Gasteiger partial charge in [0.25, 0.3) is 0 Å². The normalized spacial score (nSPS) is 10.5. The number of para-hydroxylation sites is 1. The van der Waals surface area contributed by atoms with Gasteiger partial charge in [-0.05, 0) is 24.2 Å². The standard InChI is InChI=1S/C18H22N2O2/c1-2-20(15-16-9-5-3-6-10-16)14-13-19-18(21)22-17-11-7-4-8-12-17/h3-12H,2,13-15H2,1H3,(H,19,21). The summed E-state index contributed by atoms with van der Waals surface area (Å²) in [5.74, 6) is 0.552. The number of ether oxygens (including phenoxy) is 1. The molecule has 0 saturated carbocycles. The highest BCUT2D eigenvalue weighted by Gasteiger charge is 2.06. The maximum atomic E-state index is 11.7. The van der Waals surface area contributed by atoms with Gasteiger partial charge in [0.15, 0.2) is 0 Å². The van der Waals surface area contributed by atoms with Crippen LogP contribution in [-0.2, 0) is 6.54 Å². The van der Waals surface area contributed by atoms with Crippen molar-refractivity contribution in [2.24, 2.45) is 0 Å². The summed E-state index contributed by atoms with van der Waals surface area (Å²) in [5, 5.41) is 2.78. The van der Waals surface area contributed by atoms with Crippen molar-refractivity contribution in [2.75, 3.05) is 19.6 Å². The lowest BCUT2D eigenvalue weighted by Gasteiger charge is -2.20. The van der Waals surface area contributed by atoms with Gasteiger partial charge in [-0.25, -0.2) is 4.79 Å². The van der Waals surface area contributed by atoms with Crippen LogP contribution in [0.5, 0.6) is 5.75 Å². The van der Waals surface area contributed by atoms with E-state index in [1.54, 1.807) is 12.1 Å². The number of likely N-dealkylation sites (N-methyl/N-ethyl adjacent to an activating group) is 1. The molecule has 0 aromatic heterocycles. The molecule has 0 heterocycles. The first-order valence-electron chi connectivity index (χ1n) is 7.55. The molecule has 0 radical (unpaired) electrons. The summed E-state index contributed by atoms with van der Waals surface area (Å²) in [5.41, 5.74) is 1.27. The first-order chi connectivity index (χ1) is 10.8. The van der Waals surface area contributed by atoms with E-state index in [1.807, 2.05) is 36.4 Å². The number of rotatable bonds is 7. The summed E-state index contributed by atoms with van der Waals surface area (Å²) in [7, 11) is 0. The summed E-state index contributed by atoms with van der Waals surface area (Å²) in [6.45, 7) is 5.28.